The number of H-pyrrole nitrogens is 1. The zero-order valence-corrected chi connectivity index (χ0v) is 15.9. The second kappa shape index (κ2) is 9.14. The SMILES string of the molecule is CCOC(=O)c1c(C)[nH]c(C(=O)COC(=O)c2cccc(COC)c2)c1C. The predicted molar refractivity (Wildman–Crippen MR) is 98.0 cm³/mol. The molecular weight excluding hydrogens is 350 g/mol. The van der Waals surface area contributed by atoms with Gasteiger partial charge in [0, 0.05) is 12.8 Å². The molecule has 0 saturated heterocycles. The van der Waals surface area contributed by atoms with Crippen molar-refractivity contribution in [3.05, 3.63) is 57.9 Å². The number of ketones is 1. The summed E-state index contributed by atoms with van der Waals surface area (Å²) < 4.78 is 15.2. The number of hydrogen-bond acceptors (Lipinski definition) is 6. The first-order chi connectivity index (χ1) is 12.9. The largest absolute Gasteiger partial charge is 0.462 e. The van der Waals surface area contributed by atoms with Crippen molar-refractivity contribution in [2.45, 2.75) is 27.4 Å². The maximum absolute atomic E-state index is 12.4. The smallest absolute Gasteiger partial charge is 0.340 e. The molecule has 1 heterocycles. The number of esters is 2. The van der Waals surface area contributed by atoms with Gasteiger partial charge < -0.3 is 19.2 Å². The van der Waals surface area contributed by atoms with Gasteiger partial charge in [0.25, 0.3) is 0 Å². The number of aromatic amines is 1. The standard InChI is InChI=1S/C20H23NO6/c1-5-26-20(24)17-12(2)18(21-13(17)3)16(22)11-27-19(23)15-8-6-7-14(9-15)10-25-4/h6-9,21H,5,10-11H2,1-4H3. The Labute approximate surface area is 157 Å². The Bertz CT molecular complexity index is 852. The molecule has 0 aliphatic heterocycles. The number of aryl methyl sites for hydroxylation is 1. The monoisotopic (exact) mass is 373 g/mol. The Morgan fingerprint density at radius 2 is 1.81 bits per heavy atom. The number of carbonyl (C=O) groups is 3. The van der Waals surface area contributed by atoms with Gasteiger partial charge in [0.2, 0.25) is 5.78 Å². The molecule has 2 aromatic rings. The highest BCUT2D eigenvalue weighted by atomic mass is 16.5. The van der Waals surface area contributed by atoms with E-state index in [-0.39, 0.29) is 12.3 Å². The van der Waals surface area contributed by atoms with Crippen molar-refractivity contribution in [2.75, 3.05) is 20.3 Å². The maximum Gasteiger partial charge on any atom is 0.340 e. The van der Waals surface area contributed by atoms with Gasteiger partial charge in [-0.05, 0) is 44.0 Å². The molecule has 0 aliphatic rings. The summed E-state index contributed by atoms with van der Waals surface area (Å²) in [5, 5.41) is 0. The average molecular weight is 373 g/mol. The van der Waals surface area contributed by atoms with Gasteiger partial charge >= 0.3 is 11.9 Å². The fraction of sp³-hybridized carbons (Fsp3) is 0.350. The zero-order chi connectivity index (χ0) is 20.0. The summed E-state index contributed by atoms with van der Waals surface area (Å²) >= 11 is 0. The molecule has 0 radical (unpaired) electrons. The average Bonchev–Trinajstić information content (AvgIpc) is 2.94. The van der Waals surface area contributed by atoms with Gasteiger partial charge in [-0.1, -0.05) is 12.1 Å². The van der Waals surface area contributed by atoms with Gasteiger partial charge in [-0.2, -0.15) is 0 Å². The van der Waals surface area contributed by atoms with E-state index in [0.717, 1.165) is 5.56 Å². The number of ether oxygens (including phenoxy) is 3. The van der Waals surface area contributed by atoms with Crippen LogP contribution in [0.4, 0.5) is 0 Å². The van der Waals surface area contributed by atoms with Gasteiger partial charge in [0.1, 0.15) is 0 Å². The Kier molecular flexibility index (Phi) is 6.90. The van der Waals surface area contributed by atoms with Crippen LogP contribution in [0.5, 0.6) is 0 Å². The third kappa shape index (κ3) is 4.83. The molecule has 2 rings (SSSR count). The lowest BCUT2D eigenvalue weighted by Crippen LogP contribution is -2.16. The number of aromatic nitrogens is 1. The van der Waals surface area contributed by atoms with Gasteiger partial charge in [0.05, 0.1) is 30.0 Å². The summed E-state index contributed by atoms with van der Waals surface area (Å²) in [6.45, 7) is 5.23. The topological polar surface area (TPSA) is 94.7 Å². The van der Waals surface area contributed by atoms with E-state index in [2.05, 4.69) is 4.98 Å². The van der Waals surface area contributed by atoms with Crippen LogP contribution >= 0.6 is 0 Å². The molecule has 0 spiro atoms. The van der Waals surface area contributed by atoms with E-state index < -0.39 is 24.3 Å². The lowest BCUT2D eigenvalue weighted by molar-refractivity contribution is 0.0472. The van der Waals surface area contributed by atoms with E-state index in [1.165, 1.54) is 0 Å². The number of methoxy groups -OCH3 is 1. The molecule has 0 amide bonds. The van der Waals surface area contributed by atoms with Crippen LogP contribution in [-0.2, 0) is 20.8 Å². The number of benzene rings is 1. The van der Waals surface area contributed by atoms with E-state index >= 15 is 0 Å². The van der Waals surface area contributed by atoms with Crippen LogP contribution in [0, 0.1) is 13.8 Å². The van der Waals surface area contributed by atoms with Crippen molar-refractivity contribution in [2.24, 2.45) is 0 Å². The number of nitrogens with one attached hydrogen (secondary N) is 1. The molecule has 1 N–H and O–H groups in total. The van der Waals surface area contributed by atoms with Gasteiger partial charge in [-0.25, -0.2) is 9.59 Å². The molecular formula is C20H23NO6. The third-order valence-electron chi connectivity index (χ3n) is 4.00. The van der Waals surface area contributed by atoms with E-state index in [0.29, 0.717) is 29.0 Å². The van der Waals surface area contributed by atoms with Crippen molar-refractivity contribution in [3.63, 3.8) is 0 Å². The maximum atomic E-state index is 12.4. The van der Waals surface area contributed by atoms with Crippen molar-refractivity contribution >= 4 is 17.7 Å². The van der Waals surface area contributed by atoms with Crippen LogP contribution in [0.25, 0.3) is 0 Å². The molecule has 1 aromatic carbocycles. The fourth-order valence-corrected chi connectivity index (χ4v) is 2.78. The normalized spacial score (nSPS) is 10.5. The number of carbonyl (C=O) groups excluding carboxylic acids is 3. The minimum Gasteiger partial charge on any atom is -0.462 e. The number of hydrogen-bond donors (Lipinski definition) is 1. The quantitative estimate of drug-likeness (QED) is 0.565. The van der Waals surface area contributed by atoms with Crippen LogP contribution in [0.1, 0.15) is 54.9 Å². The van der Waals surface area contributed by atoms with Crippen LogP contribution in [0.2, 0.25) is 0 Å². The van der Waals surface area contributed by atoms with Crippen molar-refractivity contribution in [3.8, 4) is 0 Å². The highest BCUT2D eigenvalue weighted by Crippen LogP contribution is 2.20. The molecule has 0 unspecified atom stereocenters. The van der Waals surface area contributed by atoms with Crippen molar-refractivity contribution < 1.29 is 28.6 Å². The Morgan fingerprint density at radius 1 is 1.07 bits per heavy atom. The predicted octanol–water partition coefficient (Wildman–Crippen LogP) is 2.99. The number of Topliss-reactive ketones (excluding diaryl/α,β-unsaturated/α-hetero) is 1. The molecule has 7 nitrogen and oxygen atoms in total. The Morgan fingerprint density at radius 3 is 2.48 bits per heavy atom. The van der Waals surface area contributed by atoms with Crippen molar-refractivity contribution in [1.82, 2.24) is 4.98 Å². The molecule has 144 valence electrons. The summed E-state index contributed by atoms with van der Waals surface area (Å²) in [4.78, 5) is 39.5. The second-order valence-electron chi connectivity index (χ2n) is 5.98. The Hall–Kier alpha value is -2.93. The van der Waals surface area contributed by atoms with E-state index in [4.69, 9.17) is 14.2 Å². The summed E-state index contributed by atoms with van der Waals surface area (Å²) in [6, 6.07) is 6.80. The van der Waals surface area contributed by atoms with Crippen LogP contribution in [0.15, 0.2) is 24.3 Å². The van der Waals surface area contributed by atoms with E-state index in [1.54, 1.807) is 46.1 Å². The van der Waals surface area contributed by atoms with E-state index in [1.807, 2.05) is 6.07 Å². The molecule has 27 heavy (non-hydrogen) atoms. The van der Waals surface area contributed by atoms with Gasteiger partial charge in [-0.3, -0.25) is 4.79 Å². The number of rotatable bonds is 8. The lowest BCUT2D eigenvalue weighted by atomic mass is 10.1. The van der Waals surface area contributed by atoms with Crippen LogP contribution < -0.4 is 0 Å². The lowest BCUT2D eigenvalue weighted by Gasteiger charge is -2.06. The highest BCUT2D eigenvalue weighted by Gasteiger charge is 2.23. The summed E-state index contributed by atoms with van der Waals surface area (Å²) in [5.41, 5.74) is 2.74. The molecule has 0 aliphatic carbocycles. The highest BCUT2D eigenvalue weighted by molar-refractivity contribution is 6.03. The molecule has 7 heteroatoms. The van der Waals surface area contributed by atoms with Crippen LogP contribution in [-0.4, -0.2) is 43.0 Å². The molecule has 0 saturated carbocycles. The van der Waals surface area contributed by atoms with Crippen LogP contribution in [0.3, 0.4) is 0 Å². The molecule has 1 aromatic heterocycles. The fourth-order valence-electron chi connectivity index (χ4n) is 2.78. The van der Waals surface area contributed by atoms with Gasteiger partial charge in [-0.15, -0.1) is 0 Å². The summed E-state index contributed by atoms with van der Waals surface area (Å²) in [6.07, 6.45) is 0. The zero-order valence-electron chi connectivity index (χ0n) is 15.9. The molecule has 0 fully saturated rings. The summed E-state index contributed by atoms with van der Waals surface area (Å²) in [7, 11) is 1.56. The second-order valence-corrected chi connectivity index (χ2v) is 5.98. The first kappa shape index (κ1) is 20.4. The Balaban J connectivity index is 2.08. The van der Waals surface area contributed by atoms with Gasteiger partial charge in [0.15, 0.2) is 6.61 Å². The first-order valence-electron chi connectivity index (χ1n) is 8.53. The molecule has 0 bridgehead atoms. The molecule has 0 atom stereocenters. The van der Waals surface area contributed by atoms with Crippen molar-refractivity contribution in [1.29, 1.82) is 0 Å². The first-order valence-corrected chi connectivity index (χ1v) is 8.53. The minimum atomic E-state index is -0.604. The summed E-state index contributed by atoms with van der Waals surface area (Å²) in [5.74, 6) is -1.52. The van der Waals surface area contributed by atoms with E-state index in [9.17, 15) is 14.4 Å². The minimum absolute atomic E-state index is 0.233. The third-order valence-corrected chi connectivity index (χ3v) is 4.00.